The van der Waals surface area contributed by atoms with Crippen molar-refractivity contribution in [2.24, 2.45) is 0 Å². The van der Waals surface area contributed by atoms with E-state index in [0.29, 0.717) is 11.3 Å². The molecule has 3 aromatic rings. The first kappa shape index (κ1) is 19.4. The fourth-order valence-corrected chi connectivity index (χ4v) is 3.40. The lowest BCUT2D eigenvalue weighted by Crippen LogP contribution is -2.24. The van der Waals surface area contributed by atoms with E-state index in [4.69, 9.17) is 16.1 Å². The second kappa shape index (κ2) is 7.14. The number of aromatic nitrogens is 2. The summed E-state index contributed by atoms with van der Waals surface area (Å²) in [6.07, 6.45) is -4.34. The van der Waals surface area contributed by atoms with Crippen LogP contribution in [0.3, 0.4) is 0 Å². The number of benzene rings is 2. The molecule has 1 aliphatic rings. The van der Waals surface area contributed by atoms with Gasteiger partial charge in [0.25, 0.3) is 5.89 Å². The molecule has 1 aromatic heterocycles. The van der Waals surface area contributed by atoms with Crippen LogP contribution in [-0.4, -0.2) is 22.6 Å². The molecule has 1 fully saturated rings. The summed E-state index contributed by atoms with van der Waals surface area (Å²) < 4.78 is 56.4. The van der Waals surface area contributed by atoms with E-state index in [1.165, 1.54) is 29.2 Å². The first-order chi connectivity index (χ1) is 13.7. The molecule has 0 N–H and O–H groups in total. The summed E-state index contributed by atoms with van der Waals surface area (Å²) >= 11 is 6.03. The number of halogens is 5. The maximum Gasteiger partial charge on any atom is 0.416 e. The van der Waals surface area contributed by atoms with E-state index in [1.54, 1.807) is 0 Å². The molecule has 10 heteroatoms. The Kier molecular flexibility index (Phi) is 4.77. The lowest BCUT2D eigenvalue weighted by molar-refractivity contribution is -0.137. The third kappa shape index (κ3) is 3.82. The van der Waals surface area contributed by atoms with Crippen LogP contribution in [0.1, 0.15) is 23.7 Å². The Bertz CT molecular complexity index is 1070. The number of amides is 1. The van der Waals surface area contributed by atoms with Gasteiger partial charge < -0.3 is 9.42 Å². The number of alkyl halides is 3. The molecule has 1 aliphatic heterocycles. The molecule has 1 atom stereocenters. The zero-order chi connectivity index (χ0) is 20.8. The first-order valence-corrected chi connectivity index (χ1v) is 8.87. The quantitative estimate of drug-likeness (QED) is 0.550. The second-order valence-electron chi connectivity index (χ2n) is 6.53. The number of anilines is 1. The maximum absolute atomic E-state index is 13.2. The van der Waals surface area contributed by atoms with Gasteiger partial charge in [-0.05, 0) is 42.5 Å². The van der Waals surface area contributed by atoms with Crippen molar-refractivity contribution in [3.05, 3.63) is 64.7 Å². The van der Waals surface area contributed by atoms with Gasteiger partial charge in [0.1, 0.15) is 5.82 Å². The Morgan fingerprint density at radius 3 is 2.52 bits per heavy atom. The van der Waals surface area contributed by atoms with Crippen LogP contribution < -0.4 is 4.90 Å². The van der Waals surface area contributed by atoms with Crippen molar-refractivity contribution < 1.29 is 26.9 Å². The van der Waals surface area contributed by atoms with Crippen LogP contribution in [0.4, 0.5) is 23.2 Å². The highest BCUT2D eigenvalue weighted by Crippen LogP contribution is 2.36. The van der Waals surface area contributed by atoms with E-state index in [1.807, 2.05) is 0 Å². The van der Waals surface area contributed by atoms with Gasteiger partial charge in [-0.1, -0.05) is 16.8 Å². The number of hydrogen-bond donors (Lipinski definition) is 0. The first-order valence-electron chi connectivity index (χ1n) is 8.49. The zero-order valence-electron chi connectivity index (χ0n) is 14.6. The number of carbonyl (C=O) groups is 1. The molecule has 2 aromatic carbocycles. The molecule has 0 radical (unpaired) electrons. The molecule has 4 rings (SSSR count). The molecule has 5 nitrogen and oxygen atoms in total. The normalized spacial score (nSPS) is 17.2. The number of rotatable bonds is 3. The van der Waals surface area contributed by atoms with Crippen LogP contribution in [0.2, 0.25) is 5.02 Å². The lowest BCUT2D eigenvalue weighted by Gasteiger charge is -2.17. The highest BCUT2D eigenvalue weighted by molar-refractivity contribution is 6.33. The largest absolute Gasteiger partial charge is 0.416 e. The predicted octanol–water partition coefficient (Wildman–Crippen LogP) is 5.07. The molecule has 29 heavy (non-hydrogen) atoms. The molecule has 1 saturated heterocycles. The van der Waals surface area contributed by atoms with Gasteiger partial charge in [0.2, 0.25) is 5.91 Å². The van der Waals surface area contributed by atoms with Crippen molar-refractivity contribution in [3.63, 3.8) is 0 Å². The Hall–Kier alpha value is -2.94. The van der Waals surface area contributed by atoms with Gasteiger partial charge in [-0.15, -0.1) is 0 Å². The molecule has 0 bridgehead atoms. The number of nitrogens with zero attached hydrogens (tertiary/aromatic N) is 3. The fourth-order valence-electron chi connectivity index (χ4n) is 3.13. The summed E-state index contributed by atoms with van der Waals surface area (Å²) in [5.74, 6) is -0.824. The molecule has 2 heterocycles. The Balaban J connectivity index is 1.53. The minimum Gasteiger partial charge on any atom is -0.334 e. The van der Waals surface area contributed by atoms with Gasteiger partial charge in [0, 0.05) is 24.4 Å². The van der Waals surface area contributed by atoms with E-state index < -0.39 is 23.5 Å². The van der Waals surface area contributed by atoms with E-state index >= 15 is 0 Å². The minimum atomic E-state index is -4.44. The molecule has 0 aliphatic carbocycles. The summed E-state index contributed by atoms with van der Waals surface area (Å²) in [6, 6.07) is 8.08. The van der Waals surface area contributed by atoms with Crippen LogP contribution in [0, 0.1) is 5.82 Å². The summed E-state index contributed by atoms with van der Waals surface area (Å²) in [6.45, 7) is 0.218. The molecule has 150 valence electrons. The molecular weight excluding hydrogens is 414 g/mol. The van der Waals surface area contributed by atoms with Crippen molar-refractivity contribution in [1.82, 2.24) is 10.1 Å². The second-order valence-corrected chi connectivity index (χ2v) is 6.94. The van der Waals surface area contributed by atoms with Gasteiger partial charge in [-0.25, -0.2) is 4.39 Å². The van der Waals surface area contributed by atoms with Crippen LogP contribution in [0.5, 0.6) is 0 Å². The average molecular weight is 426 g/mol. The summed E-state index contributed by atoms with van der Waals surface area (Å²) in [7, 11) is 0. The Morgan fingerprint density at radius 1 is 1.14 bits per heavy atom. The molecular formula is C19H12ClF4N3O2. The standard InChI is InChI=1S/C19H12ClF4N3O2/c20-14-8-13(21)5-6-15(14)27-9-11(7-16(27)28)17-25-18(29-26-17)10-1-3-12(4-2-10)19(22,23)24/h1-6,8,11H,7,9H2. The Morgan fingerprint density at radius 2 is 1.86 bits per heavy atom. The van der Waals surface area contributed by atoms with Gasteiger partial charge >= 0.3 is 6.18 Å². The fraction of sp³-hybridized carbons (Fsp3) is 0.211. The third-order valence-corrected chi connectivity index (χ3v) is 4.89. The monoisotopic (exact) mass is 425 g/mol. The van der Waals surface area contributed by atoms with Crippen molar-refractivity contribution in [2.45, 2.75) is 18.5 Å². The van der Waals surface area contributed by atoms with Crippen molar-refractivity contribution in [2.75, 3.05) is 11.4 Å². The van der Waals surface area contributed by atoms with Crippen LogP contribution in [-0.2, 0) is 11.0 Å². The van der Waals surface area contributed by atoms with E-state index in [-0.39, 0.29) is 35.6 Å². The van der Waals surface area contributed by atoms with Gasteiger partial charge in [-0.3, -0.25) is 4.79 Å². The smallest absolute Gasteiger partial charge is 0.334 e. The summed E-state index contributed by atoms with van der Waals surface area (Å²) in [4.78, 5) is 18.0. The average Bonchev–Trinajstić information content (AvgIpc) is 3.28. The SMILES string of the molecule is O=C1CC(c2noc(-c3ccc(C(F)(F)F)cc3)n2)CN1c1ccc(F)cc1Cl. The van der Waals surface area contributed by atoms with Crippen LogP contribution in [0.15, 0.2) is 47.0 Å². The van der Waals surface area contributed by atoms with Crippen molar-refractivity contribution in [1.29, 1.82) is 0 Å². The maximum atomic E-state index is 13.2. The van der Waals surface area contributed by atoms with E-state index in [2.05, 4.69) is 10.1 Å². The molecule has 0 saturated carbocycles. The zero-order valence-corrected chi connectivity index (χ0v) is 15.3. The third-order valence-electron chi connectivity index (χ3n) is 4.59. The summed E-state index contributed by atoms with van der Waals surface area (Å²) in [5, 5.41) is 3.97. The Labute approximate surface area is 166 Å². The highest BCUT2D eigenvalue weighted by Gasteiger charge is 2.35. The lowest BCUT2D eigenvalue weighted by atomic mass is 10.1. The van der Waals surface area contributed by atoms with Crippen LogP contribution >= 0.6 is 11.6 Å². The van der Waals surface area contributed by atoms with Gasteiger partial charge in [0.15, 0.2) is 5.82 Å². The molecule has 0 spiro atoms. The van der Waals surface area contributed by atoms with Crippen molar-refractivity contribution >= 4 is 23.2 Å². The summed E-state index contributed by atoms with van der Waals surface area (Å²) in [5.41, 5.74) is -0.0688. The number of carbonyl (C=O) groups excluding carboxylic acids is 1. The van der Waals surface area contributed by atoms with Crippen molar-refractivity contribution in [3.8, 4) is 11.5 Å². The van der Waals surface area contributed by atoms with Crippen LogP contribution in [0.25, 0.3) is 11.5 Å². The van der Waals surface area contributed by atoms with E-state index in [0.717, 1.165) is 18.2 Å². The van der Waals surface area contributed by atoms with Gasteiger partial charge in [0.05, 0.1) is 16.3 Å². The molecule has 1 amide bonds. The topological polar surface area (TPSA) is 59.2 Å². The number of hydrogen-bond acceptors (Lipinski definition) is 4. The molecule has 1 unspecified atom stereocenters. The van der Waals surface area contributed by atoms with E-state index in [9.17, 15) is 22.4 Å². The highest BCUT2D eigenvalue weighted by atomic mass is 35.5. The van der Waals surface area contributed by atoms with Gasteiger partial charge in [-0.2, -0.15) is 18.2 Å². The minimum absolute atomic E-state index is 0.0550. The predicted molar refractivity (Wildman–Crippen MR) is 95.9 cm³/mol.